The van der Waals surface area contributed by atoms with E-state index in [1.165, 1.54) is 24.3 Å². The van der Waals surface area contributed by atoms with Gasteiger partial charge in [-0.05, 0) is 55.7 Å². The summed E-state index contributed by atoms with van der Waals surface area (Å²) in [5.74, 6) is -0.863. The van der Waals surface area contributed by atoms with E-state index in [9.17, 15) is 31.0 Å². The number of fused-ring (bicyclic) bond motifs is 1. The van der Waals surface area contributed by atoms with E-state index in [-0.39, 0.29) is 22.2 Å². The topological polar surface area (TPSA) is 204 Å². The summed E-state index contributed by atoms with van der Waals surface area (Å²) >= 11 is 0. The summed E-state index contributed by atoms with van der Waals surface area (Å²) in [6, 6.07) is 1.63. The first kappa shape index (κ1) is 30.0. The van der Waals surface area contributed by atoms with E-state index in [1.807, 2.05) is 0 Å². The molecule has 0 bridgehead atoms. The molecule has 0 aromatic heterocycles. The summed E-state index contributed by atoms with van der Waals surface area (Å²) in [5, 5.41) is 25.8. The van der Waals surface area contributed by atoms with Crippen molar-refractivity contribution < 1.29 is 31.0 Å². The Bertz CT molecular complexity index is 1560. The number of nitrogens with two attached hydrogens (primary N) is 1. The summed E-state index contributed by atoms with van der Waals surface area (Å²) in [5.41, 5.74) is 4.80. The number of anilines is 1. The van der Waals surface area contributed by atoms with Crippen LogP contribution in [0.3, 0.4) is 0 Å². The monoisotopic (exact) mass is 559 g/mol. The minimum Gasteiger partial charge on any atom is -0.505 e. The molecule has 0 fully saturated rings. The summed E-state index contributed by atoms with van der Waals surface area (Å²) < 4.78 is 68.1. The highest BCUT2D eigenvalue weighted by molar-refractivity contribution is 7.86. The Morgan fingerprint density at radius 3 is 1.66 bits per heavy atom. The Labute approximate surface area is 219 Å². The highest BCUT2D eigenvalue weighted by Crippen LogP contribution is 2.48. The standard InChI is InChI=1S/C24H25N5O7S2/c1-5-9-11-16(7-3)26-28-22-18(37(31,32)33)13-15-14-19(38(34,35)36)23(24(30)20(15)21(22)25)29-27-17(8-4)12-10-6-2/h5-14,30H,3-4,25H2,1-2H3,(H,31,32,33)(H,34,35,36)/b9-5-,10-6-,16-11+,17-12+,28-26+,29-27+. The van der Waals surface area contributed by atoms with Crippen molar-refractivity contribution in [2.24, 2.45) is 20.5 Å². The van der Waals surface area contributed by atoms with Crippen LogP contribution in [0.1, 0.15) is 13.8 Å². The van der Waals surface area contributed by atoms with Crippen LogP contribution in [0.5, 0.6) is 5.75 Å². The smallest absolute Gasteiger partial charge is 0.296 e. The molecule has 0 aliphatic carbocycles. The molecule has 38 heavy (non-hydrogen) atoms. The lowest BCUT2D eigenvalue weighted by Gasteiger charge is -2.14. The molecular weight excluding hydrogens is 534 g/mol. The Kier molecular flexibility index (Phi) is 9.73. The zero-order chi connectivity index (χ0) is 28.7. The number of phenolic OH excluding ortho intramolecular Hbond substituents is 1. The Hall–Kier alpha value is -4.24. The normalized spacial score (nSPS) is 14.0. The molecule has 0 aliphatic heterocycles. The molecule has 2 aromatic carbocycles. The molecule has 200 valence electrons. The Morgan fingerprint density at radius 1 is 0.842 bits per heavy atom. The first-order valence-corrected chi connectivity index (χ1v) is 13.5. The van der Waals surface area contributed by atoms with Crippen LogP contribution >= 0.6 is 0 Å². The predicted molar refractivity (Wildman–Crippen MR) is 145 cm³/mol. The average molecular weight is 560 g/mol. The fourth-order valence-electron chi connectivity index (χ4n) is 2.99. The van der Waals surface area contributed by atoms with Crippen LogP contribution in [0.25, 0.3) is 10.8 Å². The lowest BCUT2D eigenvalue weighted by Crippen LogP contribution is -2.03. The number of benzene rings is 2. The Morgan fingerprint density at radius 2 is 1.26 bits per heavy atom. The summed E-state index contributed by atoms with van der Waals surface area (Å²) in [4.78, 5) is -1.74. The molecular formula is C24H25N5O7S2. The molecule has 0 saturated carbocycles. The lowest BCUT2D eigenvalue weighted by molar-refractivity contribution is 0.472. The predicted octanol–water partition coefficient (Wildman–Crippen LogP) is 6.08. The number of phenols is 1. The van der Waals surface area contributed by atoms with Gasteiger partial charge in [-0.1, -0.05) is 37.5 Å². The third-order valence-corrected chi connectivity index (χ3v) is 6.47. The van der Waals surface area contributed by atoms with Gasteiger partial charge < -0.3 is 10.8 Å². The third-order valence-electron chi connectivity index (χ3n) is 4.74. The van der Waals surface area contributed by atoms with Crippen molar-refractivity contribution in [1.82, 2.24) is 0 Å². The van der Waals surface area contributed by atoms with E-state index in [0.717, 1.165) is 12.1 Å². The molecule has 5 N–H and O–H groups in total. The summed E-state index contributed by atoms with van der Waals surface area (Å²) in [6.45, 7) is 10.6. The van der Waals surface area contributed by atoms with Gasteiger partial charge in [0, 0.05) is 0 Å². The minimum absolute atomic E-state index is 0.179. The largest absolute Gasteiger partial charge is 0.505 e. The average Bonchev–Trinajstić information content (AvgIpc) is 2.84. The van der Waals surface area contributed by atoms with Gasteiger partial charge in [0.15, 0.2) is 5.75 Å². The van der Waals surface area contributed by atoms with Crippen LogP contribution in [0.2, 0.25) is 0 Å². The summed E-state index contributed by atoms with van der Waals surface area (Å²) in [6.07, 6.45) is 12.2. The van der Waals surface area contributed by atoms with Crippen LogP contribution in [-0.4, -0.2) is 31.0 Å². The van der Waals surface area contributed by atoms with Crippen molar-refractivity contribution in [1.29, 1.82) is 0 Å². The van der Waals surface area contributed by atoms with Crippen LogP contribution in [0, 0.1) is 0 Å². The van der Waals surface area contributed by atoms with Gasteiger partial charge >= 0.3 is 0 Å². The van der Waals surface area contributed by atoms with Crippen LogP contribution in [0.15, 0.2) is 116 Å². The second-order valence-corrected chi connectivity index (χ2v) is 10.1. The molecule has 2 rings (SSSR count). The second kappa shape index (κ2) is 12.3. The van der Waals surface area contributed by atoms with Crippen molar-refractivity contribution in [2.75, 3.05) is 5.73 Å². The van der Waals surface area contributed by atoms with Crippen molar-refractivity contribution in [2.45, 2.75) is 23.6 Å². The van der Waals surface area contributed by atoms with Crippen molar-refractivity contribution >= 4 is 48.1 Å². The second-order valence-electron chi connectivity index (χ2n) is 7.30. The van der Waals surface area contributed by atoms with Gasteiger partial charge in [-0.2, -0.15) is 27.1 Å². The van der Waals surface area contributed by atoms with Gasteiger partial charge in [0.2, 0.25) is 0 Å². The molecule has 0 heterocycles. The van der Waals surface area contributed by atoms with Gasteiger partial charge in [0.05, 0.1) is 22.5 Å². The maximum absolute atomic E-state index is 12.1. The maximum Gasteiger partial charge on any atom is 0.296 e. The first-order valence-electron chi connectivity index (χ1n) is 10.6. The fraction of sp³-hybridized carbons (Fsp3) is 0.0833. The van der Waals surface area contributed by atoms with Crippen LogP contribution < -0.4 is 5.73 Å². The highest BCUT2D eigenvalue weighted by atomic mass is 32.2. The SMILES string of the molecule is C=CC(=C\C=C/C)/N=N/c1c(S(=O)(=O)O)cc2cc(S(=O)(=O)O)c(/N=N/C(C=C)=C/C=C\C)c(O)c2c1N. The molecule has 0 radical (unpaired) electrons. The number of azo groups is 2. The zero-order valence-electron chi connectivity index (χ0n) is 20.3. The molecule has 14 heteroatoms. The van der Waals surface area contributed by atoms with Gasteiger partial charge in [0.25, 0.3) is 20.2 Å². The van der Waals surface area contributed by atoms with E-state index in [4.69, 9.17) is 5.73 Å². The molecule has 12 nitrogen and oxygen atoms in total. The van der Waals surface area contributed by atoms with Crippen molar-refractivity contribution in [3.63, 3.8) is 0 Å². The number of hydrogen-bond donors (Lipinski definition) is 4. The Balaban J connectivity index is 3.04. The molecule has 0 spiro atoms. The van der Waals surface area contributed by atoms with Gasteiger partial charge in [-0.25, -0.2) is 0 Å². The molecule has 0 aliphatic rings. The molecule has 0 saturated heterocycles. The molecule has 0 unspecified atom stereocenters. The zero-order valence-corrected chi connectivity index (χ0v) is 22.0. The molecule has 0 amide bonds. The maximum atomic E-state index is 12.1. The number of aromatic hydroxyl groups is 1. The van der Waals surface area contributed by atoms with Crippen LogP contribution in [-0.2, 0) is 20.2 Å². The molecule has 0 atom stereocenters. The van der Waals surface area contributed by atoms with E-state index in [1.54, 1.807) is 38.2 Å². The van der Waals surface area contributed by atoms with Crippen LogP contribution in [0.4, 0.5) is 17.1 Å². The van der Waals surface area contributed by atoms with E-state index in [2.05, 4.69) is 33.6 Å². The number of nitrogens with zero attached hydrogens (tertiary/aromatic N) is 4. The van der Waals surface area contributed by atoms with Crippen molar-refractivity contribution in [3.05, 3.63) is 85.3 Å². The first-order chi connectivity index (χ1) is 17.8. The lowest BCUT2D eigenvalue weighted by atomic mass is 10.1. The number of rotatable bonds is 10. The molecule has 2 aromatic rings. The fourth-order valence-corrected chi connectivity index (χ4v) is 4.32. The number of hydrogen-bond acceptors (Lipinski definition) is 10. The van der Waals surface area contributed by atoms with E-state index >= 15 is 0 Å². The number of nitrogen functional groups attached to an aromatic ring is 1. The van der Waals surface area contributed by atoms with Gasteiger partial charge in [0.1, 0.15) is 21.2 Å². The van der Waals surface area contributed by atoms with E-state index < -0.39 is 52.8 Å². The van der Waals surface area contributed by atoms with Crippen molar-refractivity contribution in [3.8, 4) is 5.75 Å². The van der Waals surface area contributed by atoms with E-state index in [0.29, 0.717) is 0 Å². The number of allylic oxidation sites excluding steroid dienone is 8. The third kappa shape index (κ3) is 6.95. The summed E-state index contributed by atoms with van der Waals surface area (Å²) in [7, 11) is -9.99. The highest BCUT2D eigenvalue weighted by Gasteiger charge is 2.27. The van der Waals surface area contributed by atoms with Gasteiger partial charge in [-0.15, -0.1) is 10.2 Å². The van der Waals surface area contributed by atoms with Gasteiger partial charge in [-0.3, -0.25) is 9.11 Å². The minimum atomic E-state index is -5.02. The quantitative estimate of drug-likeness (QED) is 0.116.